The summed E-state index contributed by atoms with van der Waals surface area (Å²) in [4.78, 5) is 23.2. The van der Waals surface area contributed by atoms with Gasteiger partial charge < -0.3 is 10.1 Å². The molecule has 2 aromatic carbocycles. The molecule has 0 radical (unpaired) electrons. The van der Waals surface area contributed by atoms with Crippen LogP contribution in [0.25, 0.3) is 11.1 Å². The van der Waals surface area contributed by atoms with E-state index in [9.17, 15) is 9.59 Å². The molecular formula is C16H15NO3. The second-order valence-electron chi connectivity index (χ2n) is 4.17. The van der Waals surface area contributed by atoms with Gasteiger partial charge in [0.1, 0.15) is 6.54 Å². The molecule has 102 valence electrons. The highest BCUT2D eigenvalue weighted by Crippen LogP contribution is 2.23. The first-order valence-electron chi connectivity index (χ1n) is 6.22. The largest absolute Gasteiger partial charge is 0.468 e. The third kappa shape index (κ3) is 3.23. The minimum atomic E-state index is -0.476. The van der Waals surface area contributed by atoms with Crippen molar-refractivity contribution < 1.29 is 14.3 Å². The summed E-state index contributed by atoms with van der Waals surface area (Å²) in [7, 11) is 1.28. The van der Waals surface area contributed by atoms with Crippen LogP contribution in [-0.4, -0.2) is 25.5 Å². The number of amides is 1. The van der Waals surface area contributed by atoms with Gasteiger partial charge in [-0.15, -0.1) is 0 Å². The van der Waals surface area contributed by atoms with Crippen LogP contribution in [0.2, 0.25) is 0 Å². The van der Waals surface area contributed by atoms with E-state index in [1.165, 1.54) is 7.11 Å². The minimum absolute atomic E-state index is 0.140. The summed E-state index contributed by atoms with van der Waals surface area (Å²) in [6.45, 7) is -0.140. The highest BCUT2D eigenvalue weighted by Gasteiger charge is 2.13. The summed E-state index contributed by atoms with van der Waals surface area (Å²) >= 11 is 0. The van der Waals surface area contributed by atoms with Gasteiger partial charge in [-0.05, 0) is 17.2 Å². The predicted octanol–water partition coefficient (Wildman–Crippen LogP) is 2.26. The molecule has 0 aromatic heterocycles. The van der Waals surface area contributed by atoms with Crippen LogP contribution in [0, 0.1) is 0 Å². The summed E-state index contributed by atoms with van der Waals surface area (Å²) in [6.07, 6.45) is 0. The molecule has 0 spiro atoms. The number of hydrogen-bond donors (Lipinski definition) is 1. The highest BCUT2D eigenvalue weighted by molar-refractivity contribution is 6.01. The maximum Gasteiger partial charge on any atom is 0.325 e. The second kappa shape index (κ2) is 6.52. The highest BCUT2D eigenvalue weighted by atomic mass is 16.5. The van der Waals surface area contributed by atoms with E-state index >= 15 is 0 Å². The van der Waals surface area contributed by atoms with Crippen LogP contribution in [0.4, 0.5) is 0 Å². The first kappa shape index (κ1) is 13.8. The molecule has 0 fully saturated rings. The summed E-state index contributed by atoms with van der Waals surface area (Å²) in [5.41, 5.74) is 2.31. The van der Waals surface area contributed by atoms with Crippen LogP contribution in [-0.2, 0) is 9.53 Å². The number of carbonyl (C=O) groups excluding carboxylic acids is 2. The molecule has 0 saturated carbocycles. The molecule has 20 heavy (non-hydrogen) atoms. The van der Waals surface area contributed by atoms with Gasteiger partial charge in [0.05, 0.1) is 7.11 Å². The normalized spacial score (nSPS) is 9.85. The number of rotatable bonds is 4. The molecule has 4 nitrogen and oxygen atoms in total. The molecule has 0 saturated heterocycles. The molecular weight excluding hydrogens is 254 g/mol. The monoisotopic (exact) mass is 269 g/mol. The van der Waals surface area contributed by atoms with Crippen molar-refractivity contribution in [2.75, 3.05) is 13.7 Å². The molecule has 4 heteroatoms. The number of nitrogens with one attached hydrogen (secondary N) is 1. The minimum Gasteiger partial charge on any atom is -0.468 e. The van der Waals surface area contributed by atoms with E-state index in [1.54, 1.807) is 12.1 Å². The number of hydrogen-bond acceptors (Lipinski definition) is 3. The molecule has 0 heterocycles. The Bertz CT molecular complexity index is 608. The lowest BCUT2D eigenvalue weighted by Gasteiger charge is -2.09. The number of ether oxygens (including phenoxy) is 1. The average Bonchev–Trinajstić information content (AvgIpc) is 2.53. The van der Waals surface area contributed by atoms with Crippen molar-refractivity contribution in [2.24, 2.45) is 0 Å². The van der Waals surface area contributed by atoms with Gasteiger partial charge in [-0.3, -0.25) is 9.59 Å². The quantitative estimate of drug-likeness (QED) is 0.866. The predicted molar refractivity (Wildman–Crippen MR) is 76.2 cm³/mol. The zero-order valence-corrected chi connectivity index (χ0v) is 11.1. The van der Waals surface area contributed by atoms with Gasteiger partial charge in [0.25, 0.3) is 5.91 Å². The van der Waals surface area contributed by atoms with Crippen LogP contribution in [0.1, 0.15) is 10.4 Å². The Morgan fingerprint density at radius 1 is 1.00 bits per heavy atom. The van der Waals surface area contributed by atoms with E-state index in [1.807, 2.05) is 42.5 Å². The van der Waals surface area contributed by atoms with E-state index in [-0.39, 0.29) is 12.5 Å². The fraction of sp³-hybridized carbons (Fsp3) is 0.125. The summed E-state index contributed by atoms with van der Waals surface area (Å²) in [5.74, 6) is -0.773. The van der Waals surface area contributed by atoms with E-state index in [2.05, 4.69) is 10.1 Å². The standard InChI is InChI=1S/C16H15NO3/c1-20-15(18)11-17-16(19)14-10-6-5-9-13(14)12-7-3-2-4-8-12/h2-10H,11H2,1H3,(H,17,19). The van der Waals surface area contributed by atoms with Gasteiger partial charge in [-0.25, -0.2) is 0 Å². The second-order valence-corrected chi connectivity index (χ2v) is 4.17. The third-order valence-electron chi connectivity index (χ3n) is 2.88. The van der Waals surface area contributed by atoms with Crippen molar-refractivity contribution in [1.29, 1.82) is 0 Å². The van der Waals surface area contributed by atoms with Gasteiger partial charge in [0.2, 0.25) is 0 Å². The van der Waals surface area contributed by atoms with Gasteiger partial charge >= 0.3 is 5.97 Å². The molecule has 0 atom stereocenters. The molecule has 1 amide bonds. The van der Waals surface area contributed by atoms with Crippen LogP contribution in [0.15, 0.2) is 54.6 Å². The van der Waals surface area contributed by atoms with E-state index in [4.69, 9.17) is 0 Å². The Kier molecular flexibility index (Phi) is 4.50. The van der Waals surface area contributed by atoms with Crippen LogP contribution in [0.5, 0.6) is 0 Å². The molecule has 2 rings (SSSR count). The number of carbonyl (C=O) groups is 2. The van der Waals surface area contributed by atoms with Gasteiger partial charge in [0.15, 0.2) is 0 Å². The smallest absolute Gasteiger partial charge is 0.325 e. The van der Waals surface area contributed by atoms with Crippen LogP contribution >= 0.6 is 0 Å². The van der Waals surface area contributed by atoms with E-state index in [0.717, 1.165) is 11.1 Å². The van der Waals surface area contributed by atoms with Crippen LogP contribution in [0.3, 0.4) is 0 Å². The molecule has 1 N–H and O–H groups in total. The lowest BCUT2D eigenvalue weighted by molar-refractivity contribution is -0.139. The van der Waals surface area contributed by atoms with Crippen molar-refractivity contribution >= 4 is 11.9 Å². The SMILES string of the molecule is COC(=O)CNC(=O)c1ccccc1-c1ccccc1. The number of methoxy groups -OCH3 is 1. The van der Waals surface area contributed by atoms with Crippen molar-refractivity contribution in [3.05, 3.63) is 60.2 Å². The molecule has 0 aliphatic carbocycles. The summed E-state index contributed by atoms with van der Waals surface area (Å²) < 4.78 is 4.50. The van der Waals surface area contributed by atoms with Crippen molar-refractivity contribution in [3.8, 4) is 11.1 Å². The van der Waals surface area contributed by atoms with E-state index < -0.39 is 5.97 Å². The Hall–Kier alpha value is -2.62. The maximum absolute atomic E-state index is 12.1. The Morgan fingerprint density at radius 2 is 1.65 bits per heavy atom. The Balaban J connectivity index is 2.24. The lowest BCUT2D eigenvalue weighted by Crippen LogP contribution is -2.30. The van der Waals surface area contributed by atoms with Crippen molar-refractivity contribution in [3.63, 3.8) is 0 Å². The van der Waals surface area contributed by atoms with Crippen molar-refractivity contribution in [1.82, 2.24) is 5.32 Å². The lowest BCUT2D eigenvalue weighted by atomic mass is 9.99. The van der Waals surface area contributed by atoms with Gasteiger partial charge in [-0.2, -0.15) is 0 Å². The zero-order chi connectivity index (χ0) is 14.4. The van der Waals surface area contributed by atoms with Gasteiger partial charge in [-0.1, -0.05) is 48.5 Å². The van der Waals surface area contributed by atoms with Gasteiger partial charge in [0, 0.05) is 5.56 Å². The molecule has 0 aliphatic heterocycles. The van der Waals surface area contributed by atoms with Crippen LogP contribution < -0.4 is 5.32 Å². The first-order chi connectivity index (χ1) is 9.72. The first-order valence-corrected chi connectivity index (χ1v) is 6.22. The molecule has 0 bridgehead atoms. The third-order valence-corrected chi connectivity index (χ3v) is 2.88. The van der Waals surface area contributed by atoms with E-state index in [0.29, 0.717) is 5.56 Å². The molecule has 0 aliphatic rings. The zero-order valence-electron chi connectivity index (χ0n) is 11.1. The fourth-order valence-electron chi connectivity index (χ4n) is 1.87. The average molecular weight is 269 g/mol. The maximum atomic E-state index is 12.1. The number of benzene rings is 2. The molecule has 0 unspecified atom stereocenters. The summed E-state index contributed by atoms with van der Waals surface area (Å²) in [5, 5.41) is 2.55. The Labute approximate surface area is 117 Å². The molecule has 2 aromatic rings. The van der Waals surface area contributed by atoms with Crippen molar-refractivity contribution in [2.45, 2.75) is 0 Å². The Morgan fingerprint density at radius 3 is 2.35 bits per heavy atom. The fourth-order valence-corrected chi connectivity index (χ4v) is 1.87. The summed E-state index contributed by atoms with van der Waals surface area (Å²) in [6, 6.07) is 16.9. The number of esters is 1. The topological polar surface area (TPSA) is 55.4 Å².